The maximum atomic E-state index is 13.0. The Balaban J connectivity index is 2.55. The molecule has 0 radical (unpaired) electrons. The fourth-order valence-electron chi connectivity index (χ4n) is 1.14. The second-order valence-electron chi connectivity index (χ2n) is 2.68. The Kier molecular flexibility index (Phi) is 1.99. The molecule has 14 heavy (non-hydrogen) atoms. The van der Waals surface area contributed by atoms with Crippen molar-refractivity contribution in [2.24, 2.45) is 0 Å². The van der Waals surface area contributed by atoms with Crippen LogP contribution in [0.5, 0.6) is 0 Å². The van der Waals surface area contributed by atoms with Crippen LogP contribution in [0.15, 0.2) is 35.1 Å². The van der Waals surface area contributed by atoms with E-state index in [0.29, 0.717) is 11.5 Å². The molecule has 1 aromatic heterocycles. The number of halogens is 1. The first-order chi connectivity index (χ1) is 6.79. The first-order valence-corrected chi connectivity index (χ1v) is 3.90. The third-order valence-electron chi connectivity index (χ3n) is 1.71. The van der Waals surface area contributed by atoms with E-state index in [0.717, 1.165) is 6.07 Å². The minimum Gasteiger partial charge on any atom is -0.445 e. The van der Waals surface area contributed by atoms with Gasteiger partial charge in [0.1, 0.15) is 12.1 Å². The molecule has 0 N–H and O–H groups in total. The average molecular weight is 188 g/mol. The maximum Gasteiger partial charge on any atom is 0.226 e. The van der Waals surface area contributed by atoms with E-state index >= 15 is 0 Å². The highest BCUT2D eigenvalue weighted by Gasteiger charge is 2.05. The number of oxazole rings is 1. The summed E-state index contributed by atoms with van der Waals surface area (Å²) in [4.78, 5) is 3.86. The minimum absolute atomic E-state index is 0.248. The Morgan fingerprint density at radius 2 is 2.21 bits per heavy atom. The number of aromatic nitrogens is 1. The van der Waals surface area contributed by atoms with Crippen LogP contribution in [-0.2, 0) is 0 Å². The van der Waals surface area contributed by atoms with Crippen molar-refractivity contribution in [2.75, 3.05) is 0 Å². The van der Waals surface area contributed by atoms with Gasteiger partial charge < -0.3 is 4.42 Å². The lowest BCUT2D eigenvalue weighted by Crippen LogP contribution is -1.83. The van der Waals surface area contributed by atoms with Gasteiger partial charge in [-0.2, -0.15) is 5.26 Å². The molecule has 0 bridgehead atoms. The normalized spacial score (nSPS) is 9.71. The Morgan fingerprint density at radius 3 is 2.86 bits per heavy atom. The van der Waals surface area contributed by atoms with Crippen molar-refractivity contribution in [3.05, 3.63) is 42.0 Å². The van der Waals surface area contributed by atoms with Crippen molar-refractivity contribution < 1.29 is 8.81 Å². The molecule has 0 unspecified atom stereocenters. The van der Waals surface area contributed by atoms with Gasteiger partial charge in [0, 0.05) is 5.56 Å². The fourth-order valence-corrected chi connectivity index (χ4v) is 1.14. The van der Waals surface area contributed by atoms with E-state index in [1.807, 2.05) is 6.07 Å². The summed E-state index contributed by atoms with van der Waals surface area (Å²) in [5.41, 5.74) is 0.713. The van der Waals surface area contributed by atoms with E-state index in [-0.39, 0.29) is 5.56 Å². The van der Waals surface area contributed by atoms with E-state index in [4.69, 9.17) is 9.68 Å². The molecule has 2 aromatic rings. The van der Waals surface area contributed by atoms with Gasteiger partial charge in [-0.15, -0.1) is 0 Å². The number of nitriles is 1. The summed E-state index contributed by atoms with van der Waals surface area (Å²) < 4.78 is 18.0. The SMILES string of the molecule is N#Cc1cc(F)cc(-c2ncco2)c1. The average Bonchev–Trinajstić information content (AvgIpc) is 2.69. The maximum absolute atomic E-state index is 13.0. The summed E-state index contributed by atoms with van der Waals surface area (Å²) in [7, 11) is 0. The molecule has 0 atom stereocenters. The van der Waals surface area contributed by atoms with E-state index in [1.165, 1.54) is 24.6 Å². The van der Waals surface area contributed by atoms with Crippen molar-refractivity contribution in [3.8, 4) is 17.5 Å². The van der Waals surface area contributed by atoms with E-state index in [9.17, 15) is 4.39 Å². The van der Waals surface area contributed by atoms with Crippen LogP contribution < -0.4 is 0 Å². The van der Waals surface area contributed by atoms with Crippen LogP contribution in [0.25, 0.3) is 11.5 Å². The lowest BCUT2D eigenvalue weighted by Gasteiger charge is -1.96. The van der Waals surface area contributed by atoms with Gasteiger partial charge in [0.2, 0.25) is 5.89 Å². The van der Waals surface area contributed by atoms with Gasteiger partial charge in [0.25, 0.3) is 0 Å². The van der Waals surface area contributed by atoms with E-state index in [2.05, 4.69) is 4.98 Å². The third kappa shape index (κ3) is 1.48. The predicted molar refractivity (Wildman–Crippen MR) is 46.6 cm³/mol. The summed E-state index contributed by atoms with van der Waals surface area (Å²) in [5.74, 6) is -0.168. The molecular formula is C10H5FN2O. The molecule has 0 amide bonds. The number of rotatable bonds is 1. The molecular weight excluding hydrogens is 183 g/mol. The largest absolute Gasteiger partial charge is 0.445 e. The van der Waals surface area contributed by atoms with Gasteiger partial charge >= 0.3 is 0 Å². The predicted octanol–water partition coefficient (Wildman–Crippen LogP) is 2.35. The Bertz CT molecular complexity index is 485. The minimum atomic E-state index is -0.475. The van der Waals surface area contributed by atoms with Crippen LogP contribution in [-0.4, -0.2) is 4.98 Å². The van der Waals surface area contributed by atoms with Crippen molar-refractivity contribution in [3.63, 3.8) is 0 Å². The summed E-state index contributed by atoms with van der Waals surface area (Å²) in [6.45, 7) is 0. The van der Waals surface area contributed by atoms with Gasteiger partial charge in [0.15, 0.2) is 0 Å². The summed E-state index contributed by atoms with van der Waals surface area (Å²) >= 11 is 0. The second kappa shape index (κ2) is 3.30. The number of hydrogen-bond acceptors (Lipinski definition) is 3. The van der Waals surface area contributed by atoms with Crippen molar-refractivity contribution in [1.29, 1.82) is 5.26 Å². The van der Waals surface area contributed by atoms with Gasteiger partial charge in [-0.25, -0.2) is 9.37 Å². The molecule has 0 aliphatic heterocycles. The number of benzene rings is 1. The van der Waals surface area contributed by atoms with Crippen LogP contribution in [0.1, 0.15) is 5.56 Å². The molecule has 0 saturated carbocycles. The van der Waals surface area contributed by atoms with Crippen LogP contribution >= 0.6 is 0 Å². The third-order valence-corrected chi connectivity index (χ3v) is 1.71. The fraction of sp³-hybridized carbons (Fsp3) is 0. The zero-order chi connectivity index (χ0) is 9.97. The second-order valence-corrected chi connectivity index (χ2v) is 2.68. The van der Waals surface area contributed by atoms with Gasteiger partial charge in [0.05, 0.1) is 17.8 Å². The smallest absolute Gasteiger partial charge is 0.226 e. The standard InChI is InChI=1S/C10H5FN2O/c11-9-4-7(6-12)3-8(5-9)10-13-1-2-14-10/h1-5H. The van der Waals surface area contributed by atoms with Crippen molar-refractivity contribution in [1.82, 2.24) is 4.98 Å². The molecule has 0 saturated heterocycles. The Hall–Kier alpha value is -2.15. The Labute approximate surface area is 79.4 Å². The summed E-state index contributed by atoms with van der Waals surface area (Å²) in [6.07, 6.45) is 2.86. The van der Waals surface area contributed by atoms with Crippen LogP contribution in [0.2, 0.25) is 0 Å². The molecule has 0 fully saturated rings. The Morgan fingerprint density at radius 1 is 1.36 bits per heavy atom. The molecule has 4 heteroatoms. The van der Waals surface area contributed by atoms with E-state index < -0.39 is 5.82 Å². The highest BCUT2D eigenvalue weighted by molar-refractivity contribution is 5.56. The number of hydrogen-bond donors (Lipinski definition) is 0. The lowest BCUT2D eigenvalue weighted by molar-refractivity contribution is 0.572. The van der Waals surface area contributed by atoms with Gasteiger partial charge in [-0.1, -0.05) is 0 Å². The van der Waals surface area contributed by atoms with E-state index in [1.54, 1.807) is 0 Å². The van der Waals surface area contributed by atoms with Crippen LogP contribution in [0, 0.1) is 17.1 Å². The van der Waals surface area contributed by atoms with Gasteiger partial charge in [-0.05, 0) is 18.2 Å². The molecule has 0 aliphatic rings. The van der Waals surface area contributed by atoms with Crippen molar-refractivity contribution >= 4 is 0 Å². The van der Waals surface area contributed by atoms with Gasteiger partial charge in [-0.3, -0.25) is 0 Å². The molecule has 0 aliphatic carbocycles. The lowest BCUT2D eigenvalue weighted by atomic mass is 10.1. The molecule has 3 nitrogen and oxygen atoms in total. The summed E-state index contributed by atoms with van der Waals surface area (Å²) in [5, 5.41) is 8.62. The summed E-state index contributed by atoms with van der Waals surface area (Å²) in [6, 6.07) is 5.81. The highest BCUT2D eigenvalue weighted by Crippen LogP contribution is 2.19. The quantitative estimate of drug-likeness (QED) is 0.690. The molecule has 0 spiro atoms. The van der Waals surface area contributed by atoms with Crippen molar-refractivity contribution in [2.45, 2.75) is 0 Å². The first kappa shape index (κ1) is 8.45. The zero-order valence-corrected chi connectivity index (χ0v) is 7.07. The number of nitrogens with zero attached hydrogens (tertiary/aromatic N) is 2. The van der Waals surface area contributed by atoms with Crippen LogP contribution in [0.4, 0.5) is 4.39 Å². The molecule has 68 valence electrons. The topological polar surface area (TPSA) is 49.8 Å². The molecule has 1 heterocycles. The zero-order valence-electron chi connectivity index (χ0n) is 7.07. The molecule has 1 aromatic carbocycles. The monoisotopic (exact) mass is 188 g/mol. The van der Waals surface area contributed by atoms with Crippen LogP contribution in [0.3, 0.4) is 0 Å². The first-order valence-electron chi connectivity index (χ1n) is 3.90. The highest BCUT2D eigenvalue weighted by atomic mass is 19.1. The molecule has 2 rings (SSSR count).